The maximum absolute atomic E-state index is 11.4. The molecule has 1 rings (SSSR count). The van der Waals surface area contributed by atoms with Gasteiger partial charge in [-0.2, -0.15) is 5.10 Å². The van der Waals surface area contributed by atoms with Crippen molar-refractivity contribution in [1.82, 2.24) is 9.78 Å². The first kappa shape index (κ1) is 11.7. The molecule has 5 nitrogen and oxygen atoms in total. The summed E-state index contributed by atoms with van der Waals surface area (Å²) in [5, 5.41) is 4.06. The minimum atomic E-state index is -0.400. The molecule has 0 saturated heterocycles. The molecule has 0 aromatic carbocycles. The Morgan fingerprint density at radius 2 is 2.33 bits per heavy atom. The zero-order valence-electron chi connectivity index (χ0n) is 9.48. The number of carbonyl (C=O) groups excluding carboxylic acids is 1. The van der Waals surface area contributed by atoms with Crippen LogP contribution in [0.15, 0.2) is 6.07 Å². The Hall–Kier alpha value is -1.36. The van der Waals surface area contributed by atoms with E-state index in [2.05, 4.69) is 5.10 Å². The summed E-state index contributed by atoms with van der Waals surface area (Å²) in [6.45, 7) is 4.01. The van der Waals surface area contributed by atoms with Crippen LogP contribution in [0.25, 0.3) is 0 Å². The third-order valence-corrected chi connectivity index (χ3v) is 2.17. The minimum absolute atomic E-state index is 0.0920. The van der Waals surface area contributed by atoms with Crippen molar-refractivity contribution < 1.29 is 14.3 Å². The van der Waals surface area contributed by atoms with Crippen molar-refractivity contribution in [1.29, 1.82) is 0 Å². The summed E-state index contributed by atoms with van der Waals surface area (Å²) < 4.78 is 11.6. The SMILES string of the molecule is CCOC(=O)c1cc([C@@H](C)OC)n(C)n1. The van der Waals surface area contributed by atoms with Gasteiger partial charge in [0, 0.05) is 14.2 Å². The van der Waals surface area contributed by atoms with Crippen molar-refractivity contribution in [2.45, 2.75) is 20.0 Å². The quantitative estimate of drug-likeness (QED) is 0.706. The normalized spacial score (nSPS) is 12.5. The van der Waals surface area contributed by atoms with Crippen LogP contribution in [0.5, 0.6) is 0 Å². The summed E-state index contributed by atoms with van der Waals surface area (Å²) in [5.74, 6) is -0.400. The Balaban J connectivity index is 2.90. The van der Waals surface area contributed by atoms with Crippen molar-refractivity contribution in [2.75, 3.05) is 13.7 Å². The Morgan fingerprint density at radius 3 is 2.87 bits per heavy atom. The number of rotatable bonds is 4. The smallest absolute Gasteiger partial charge is 0.358 e. The number of aryl methyl sites for hydroxylation is 1. The maximum Gasteiger partial charge on any atom is 0.358 e. The number of methoxy groups -OCH3 is 1. The maximum atomic E-state index is 11.4. The Kier molecular flexibility index (Phi) is 3.85. The third kappa shape index (κ3) is 2.56. The predicted molar refractivity (Wildman–Crippen MR) is 54.6 cm³/mol. The first-order valence-electron chi connectivity index (χ1n) is 4.84. The van der Waals surface area contributed by atoms with Gasteiger partial charge in [0.15, 0.2) is 5.69 Å². The lowest BCUT2D eigenvalue weighted by Crippen LogP contribution is -2.06. The molecule has 0 unspecified atom stereocenters. The lowest BCUT2D eigenvalue weighted by molar-refractivity contribution is 0.0518. The van der Waals surface area contributed by atoms with E-state index in [-0.39, 0.29) is 6.10 Å². The van der Waals surface area contributed by atoms with Crippen LogP contribution in [0.2, 0.25) is 0 Å². The molecule has 15 heavy (non-hydrogen) atoms. The number of hydrogen-bond acceptors (Lipinski definition) is 4. The molecule has 0 aliphatic carbocycles. The summed E-state index contributed by atoms with van der Waals surface area (Å²) >= 11 is 0. The molecule has 0 bridgehead atoms. The highest BCUT2D eigenvalue weighted by Crippen LogP contribution is 2.16. The lowest BCUT2D eigenvalue weighted by Gasteiger charge is -2.08. The molecular formula is C10H16N2O3. The van der Waals surface area contributed by atoms with E-state index in [0.29, 0.717) is 12.3 Å². The summed E-state index contributed by atoms with van der Waals surface area (Å²) in [6, 6.07) is 1.69. The molecule has 0 aliphatic heterocycles. The van der Waals surface area contributed by atoms with Gasteiger partial charge >= 0.3 is 5.97 Å². The Morgan fingerprint density at radius 1 is 1.67 bits per heavy atom. The van der Waals surface area contributed by atoms with Crippen LogP contribution in [0.3, 0.4) is 0 Å². The van der Waals surface area contributed by atoms with Gasteiger partial charge in [0.25, 0.3) is 0 Å². The highest BCUT2D eigenvalue weighted by molar-refractivity contribution is 5.87. The van der Waals surface area contributed by atoms with Gasteiger partial charge in [-0.15, -0.1) is 0 Å². The van der Waals surface area contributed by atoms with Gasteiger partial charge in [-0.1, -0.05) is 0 Å². The first-order chi connectivity index (χ1) is 7.10. The zero-order valence-corrected chi connectivity index (χ0v) is 9.48. The molecule has 1 heterocycles. The number of esters is 1. The highest BCUT2D eigenvalue weighted by Gasteiger charge is 2.16. The molecule has 0 saturated carbocycles. The van der Waals surface area contributed by atoms with Crippen molar-refractivity contribution in [3.63, 3.8) is 0 Å². The fourth-order valence-electron chi connectivity index (χ4n) is 1.29. The van der Waals surface area contributed by atoms with Gasteiger partial charge in [-0.3, -0.25) is 4.68 Å². The van der Waals surface area contributed by atoms with Gasteiger partial charge < -0.3 is 9.47 Å². The molecule has 0 amide bonds. The standard InChI is InChI=1S/C10H16N2O3/c1-5-15-10(13)8-6-9(7(2)14-4)12(3)11-8/h6-7H,5H2,1-4H3/t7-/m1/s1. The van der Waals surface area contributed by atoms with Crippen molar-refractivity contribution >= 4 is 5.97 Å². The second kappa shape index (κ2) is 4.93. The highest BCUT2D eigenvalue weighted by atomic mass is 16.5. The van der Waals surface area contributed by atoms with Crippen molar-refractivity contribution in [3.8, 4) is 0 Å². The van der Waals surface area contributed by atoms with Gasteiger partial charge in [-0.25, -0.2) is 4.79 Å². The fourth-order valence-corrected chi connectivity index (χ4v) is 1.29. The van der Waals surface area contributed by atoms with Crippen LogP contribution in [0.4, 0.5) is 0 Å². The zero-order chi connectivity index (χ0) is 11.4. The lowest BCUT2D eigenvalue weighted by atomic mass is 10.2. The largest absolute Gasteiger partial charge is 0.461 e. The second-order valence-electron chi connectivity index (χ2n) is 3.18. The summed E-state index contributed by atoms with van der Waals surface area (Å²) in [5.41, 5.74) is 1.17. The van der Waals surface area contributed by atoms with E-state index in [1.807, 2.05) is 6.92 Å². The van der Waals surface area contributed by atoms with E-state index >= 15 is 0 Å². The average molecular weight is 212 g/mol. The van der Waals surface area contributed by atoms with Crippen LogP contribution in [-0.2, 0) is 16.5 Å². The van der Waals surface area contributed by atoms with Crippen LogP contribution in [-0.4, -0.2) is 29.5 Å². The molecule has 1 aromatic heterocycles. The van der Waals surface area contributed by atoms with E-state index in [4.69, 9.17) is 9.47 Å². The number of aromatic nitrogens is 2. The third-order valence-electron chi connectivity index (χ3n) is 2.17. The monoisotopic (exact) mass is 212 g/mol. The number of carbonyl (C=O) groups is 1. The molecular weight excluding hydrogens is 196 g/mol. The minimum Gasteiger partial charge on any atom is -0.461 e. The Labute approximate surface area is 89.0 Å². The van der Waals surface area contributed by atoms with Gasteiger partial charge in [0.05, 0.1) is 18.4 Å². The predicted octanol–water partition coefficient (Wildman–Crippen LogP) is 1.30. The van der Waals surface area contributed by atoms with Crippen molar-refractivity contribution in [3.05, 3.63) is 17.5 Å². The molecule has 0 N–H and O–H groups in total. The van der Waals surface area contributed by atoms with Gasteiger partial charge in [-0.05, 0) is 19.9 Å². The van der Waals surface area contributed by atoms with Gasteiger partial charge in [0.1, 0.15) is 0 Å². The molecule has 1 aromatic rings. The van der Waals surface area contributed by atoms with E-state index in [0.717, 1.165) is 5.69 Å². The molecule has 1 atom stereocenters. The number of nitrogens with zero attached hydrogens (tertiary/aromatic N) is 2. The van der Waals surface area contributed by atoms with Crippen molar-refractivity contribution in [2.24, 2.45) is 7.05 Å². The van der Waals surface area contributed by atoms with E-state index < -0.39 is 5.97 Å². The van der Waals surface area contributed by atoms with Crippen LogP contribution >= 0.6 is 0 Å². The van der Waals surface area contributed by atoms with E-state index in [1.165, 1.54) is 0 Å². The molecule has 5 heteroatoms. The summed E-state index contributed by atoms with van der Waals surface area (Å²) in [7, 11) is 3.38. The molecule has 0 fully saturated rings. The molecule has 84 valence electrons. The molecule has 0 radical (unpaired) electrons. The fraction of sp³-hybridized carbons (Fsp3) is 0.600. The number of ether oxygens (including phenoxy) is 2. The van der Waals surface area contributed by atoms with Crippen LogP contribution in [0.1, 0.15) is 36.1 Å². The van der Waals surface area contributed by atoms with E-state index in [1.54, 1.807) is 31.8 Å². The average Bonchev–Trinajstić information content (AvgIpc) is 2.60. The Bertz CT molecular complexity index is 346. The molecule has 0 spiro atoms. The number of hydrogen-bond donors (Lipinski definition) is 0. The first-order valence-corrected chi connectivity index (χ1v) is 4.84. The summed E-state index contributed by atoms with van der Waals surface area (Å²) in [6.07, 6.45) is -0.0920. The summed E-state index contributed by atoms with van der Waals surface area (Å²) in [4.78, 5) is 11.4. The van der Waals surface area contributed by atoms with Gasteiger partial charge in [0.2, 0.25) is 0 Å². The van der Waals surface area contributed by atoms with Crippen LogP contribution in [0, 0.1) is 0 Å². The van der Waals surface area contributed by atoms with Crippen LogP contribution < -0.4 is 0 Å². The van der Waals surface area contributed by atoms with E-state index in [9.17, 15) is 4.79 Å². The second-order valence-corrected chi connectivity index (χ2v) is 3.18. The topological polar surface area (TPSA) is 53.4 Å². The molecule has 0 aliphatic rings.